The molecule has 0 radical (unpaired) electrons. The van der Waals surface area contributed by atoms with Crippen molar-refractivity contribution in [3.05, 3.63) is 58.1 Å². The van der Waals surface area contributed by atoms with E-state index in [1.54, 1.807) is 34.8 Å². The van der Waals surface area contributed by atoms with Gasteiger partial charge in [0, 0.05) is 38.3 Å². The molecule has 1 heterocycles. The van der Waals surface area contributed by atoms with E-state index in [1.807, 2.05) is 25.9 Å². The minimum atomic E-state index is -0.290. The van der Waals surface area contributed by atoms with Crippen LogP contribution in [0.2, 0.25) is 5.15 Å². The number of amides is 1. The lowest BCUT2D eigenvalue weighted by Crippen LogP contribution is -2.35. The number of carbonyl (C=O) groups excluding carboxylic acids is 1. The minimum Gasteiger partial charge on any atom is -0.334 e. The summed E-state index contributed by atoms with van der Waals surface area (Å²) in [5, 5.41) is 4.73. The van der Waals surface area contributed by atoms with E-state index in [1.165, 1.54) is 18.2 Å². The van der Waals surface area contributed by atoms with E-state index >= 15 is 0 Å². The molecular weight excluding hydrogens is 355 g/mol. The lowest BCUT2D eigenvalue weighted by Gasteiger charge is -2.23. The Labute approximate surface area is 158 Å². The number of carbonyl (C=O) groups is 1. The highest BCUT2D eigenvalue weighted by Crippen LogP contribution is 2.20. The second-order valence-electron chi connectivity index (χ2n) is 6.44. The molecule has 0 aliphatic rings. The predicted molar refractivity (Wildman–Crippen MR) is 102 cm³/mol. The lowest BCUT2D eigenvalue weighted by atomic mass is 10.2. The van der Waals surface area contributed by atoms with Crippen LogP contribution in [0.25, 0.3) is 6.08 Å². The number of halogens is 2. The summed E-state index contributed by atoms with van der Waals surface area (Å²) in [7, 11) is 5.66. The number of aromatic nitrogens is 2. The zero-order valence-corrected chi connectivity index (χ0v) is 16.3. The van der Waals surface area contributed by atoms with E-state index in [2.05, 4.69) is 5.10 Å². The van der Waals surface area contributed by atoms with Crippen LogP contribution < -0.4 is 0 Å². The van der Waals surface area contributed by atoms with Crippen LogP contribution in [0.4, 0.5) is 4.39 Å². The first-order chi connectivity index (χ1) is 12.3. The predicted octanol–water partition coefficient (Wildman–Crippen LogP) is 3.12. The van der Waals surface area contributed by atoms with E-state index < -0.39 is 0 Å². The molecule has 0 aliphatic carbocycles. The van der Waals surface area contributed by atoms with Gasteiger partial charge in [-0.15, -0.1) is 0 Å². The molecular formula is C19H24ClFN4O. The first kappa shape index (κ1) is 20.1. The number of aryl methyl sites for hydroxylation is 2. The zero-order chi connectivity index (χ0) is 19.3. The fourth-order valence-corrected chi connectivity index (χ4v) is 2.73. The van der Waals surface area contributed by atoms with Crippen LogP contribution in [-0.4, -0.2) is 52.7 Å². The first-order valence-corrected chi connectivity index (χ1v) is 8.71. The van der Waals surface area contributed by atoms with Crippen molar-refractivity contribution in [2.24, 2.45) is 7.05 Å². The standard InChI is InChI=1S/C19H24ClFN4O/c1-14-17(19(20)24(4)22-14)9-10-18(26)25(12-11-23(2)3)13-15-5-7-16(21)8-6-15/h5-10H,11-13H2,1-4H3. The third-order valence-electron chi connectivity index (χ3n) is 4.00. The summed E-state index contributed by atoms with van der Waals surface area (Å²) in [6, 6.07) is 6.19. The summed E-state index contributed by atoms with van der Waals surface area (Å²) in [6.07, 6.45) is 3.20. The van der Waals surface area contributed by atoms with E-state index in [0.717, 1.165) is 23.4 Å². The van der Waals surface area contributed by atoms with Crippen molar-refractivity contribution >= 4 is 23.6 Å². The number of benzene rings is 1. The van der Waals surface area contributed by atoms with Crippen LogP contribution in [0.3, 0.4) is 0 Å². The molecule has 1 aromatic carbocycles. The monoisotopic (exact) mass is 378 g/mol. The van der Waals surface area contributed by atoms with Gasteiger partial charge < -0.3 is 9.80 Å². The van der Waals surface area contributed by atoms with Crippen LogP contribution in [0.1, 0.15) is 16.8 Å². The second-order valence-corrected chi connectivity index (χ2v) is 6.79. The third kappa shape index (κ3) is 5.41. The van der Waals surface area contributed by atoms with Gasteiger partial charge in [0.05, 0.1) is 5.69 Å². The summed E-state index contributed by atoms with van der Waals surface area (Å²) >= 11 is 6.21. The van der Waals surface area contributed by atoms with Gasteiger partial charge in [0.1, 0.15) is 11.0 Å². The molecule has 7 heteroatoms. The van der Waals surface area contributed by atoms with Crippen molar-refractivity contribution in [3.8, 4) is 0 Å². The summed E-state index contributed by atoms with van der Waals surface area (Å²) in [4.78, 5) is 16.4. The molecule has 2 aromatic rings. The Hall–Kier alpha value is -2.18. The molecule has 0 aliphatic heterocycles. The number of rotatable bonds is 7. The topological polar surface area (TPSA) is 41.4 Å². The van der Waals surface area contributed by atoms with Crippen molar-refractivity contribution in [2.45, 2.75) is 13.5 Å². The maximum atomic E-state index is 13.1. The van der Waals surface area contributed by atoms with Crippen LogP contribution >= 0.6 is 11.6 Å². The van der Waals surface area contributed by atoms with Crippen LogP contribution in [0, 0.1) is 12.7 Å². The molecule has 0 N–H and O–H groups in total. The van der Waals surface area contributed by atoms with Gasteiger partial charge in [0.25, 0.3) is 0 Å². The SMILES string of the molecule is Cc1nn(C)c(Cl)c1C=CC(=O)N(CCN(C)C)Cc1ccc(F)cc1. The Morgan fingerprint density at radius 1 is 1.27 bits per heavy atom. The minimum absolute atomic E-state index is 0.129. The van der Waals surface area contributed by atoms with Gasteiger partial charge in [-0.25, -0.2) is 4.39 Å². The normalized spacial score (nSPS) is 11.5. The van der Waals surface area contributed by atoms with E-state index in [9.17, 15) is 9.18 Å². The highest BCUT2D eigenvalue weighted by atomic mass is 35.5. The fourth-order valence-electron chi connectivity index (χ4n) is 2.49. The van der Waals surface area contributed by atoms with Crippen molar-refractivity contribution in [1.82, 2.24) is 19.6 Å². The Kier molecular flexibility index (Phi) is 6.94. The summed E-state index contributed by atoms with van der Waals surface area (Å²) in [5.74, 6) is -0.419. The van der Waals surface area contributed by atoms with Crippen molar-refractivity contribution in [2.75, 3.05) is 27.2 Å². The Morgan fingerprint density at radius 3 is 2.46 bits per heavy atom. The summed E-state index contributed by atoms with van der Waals surface area (Å²) < 4.78 is 14.7. The smallest absolute Gasteiger partial charge is 0.246 e. The number of hydrogen-bond acceptors (Lipinski definition) is 3. The van der Waals surface area contributed by atoms with E-state index in [0.29, 0.717) is 18.2 Å². The Bertz CT molecular complexity index is 784. The second kappa shape index (κ2) is 8.96. The average molecular weight is 379 g/mol. The molecule has 1 amide bonds. The highest BCUT2D eigenvalue weighted by Gasteiger charge is 2.14. The van der Waals surface area contributed by atoms with E-state index in [4.69, 9.17) is 11.6 Å². The molecule has 0 saturated carbocycles. The maximum absolute atomic E-state index is 13.1. The van der Waals surface area contributed by atoms with Crippen molar-refractivity contribution in [1.29, 1.82) is 0 Å². The zero-order valence-electron chi connectivity index (χ0n) is 15.5. The number of hydrogen-bond donors (Lipinski definition) is 0. The number of likely N-dealkylation sites (N-methyl/N-ethyl adjacent to an activating group) is 1. The van der Waals surface area contributed by atoms with Gasteiger partial charge in [-0.2, -0.15) is 5.10 Å². The Balaban J connectivity index is 2.16. The van der Waals surface area contributed by atoms with Crippen LogP contribution in [-0.2, 0) is 18.4 Å². The Morgan fingerprint density at radius 2 is 1.92 bits per heavy atom. The molecule has 0 atom stereocenters. The fraction of sp³-hybridized carbons (Fsp3) is 0.368. The molecule has 2 rings (SSSR count). The summed E-state index contributed by atoms with van der Waals surface area (Å²) in [6.45, 7) is 3.55. The van der Waals surface area contributed by atoms with Crippen molar-refractivity contribution < 1.29 is 9.18 Å². The largest absolute Gasteiger partial charge is 0.334 e. The van der Waals surface area contributed by atoms with Gasteiger partial charge in [0.15, 0.2) is 0 Å². The molecule has 0 unspecified atom stereocenters. The molecule has 1 aromatic heterocycles. The van der Waals surface area contributed by atoms with Crippen molar-refractivity contribution in [3.63, 3.8) is 0 Å². The lowest BCUT2D eigenvalue weighted by molar-refractivity contribution is -0.126. The molecule has 140 valence electrons. The molecule has 0 spiro atoms. The molecule has 0 bridgehead atoms. The van der Waals surface area contributed by atoms with Gasteiger partial charge in [-0.3, -0.25) is 9.48 Å². The van der Waals surface area contributed by atoms with Crippen LogP contribution in [0.15, 0.2) is 30.3 Å². The number of nitrogens with zero attached hydrogens (tertiary/aromatic N) is 4. The average Bonchev–Trinajstić information content (AvgIpc) is 2.83. The molecule has 26 heavy (non-hydrogen) atoms. The van der Waals surface area contributed by atoms with Gasteiger partial charge >= 0.3 is 0 Å². The first-order valence-electron chi connectivity index (χ1n) is 8.33. The van der Waals surface area contributed by atoms with Gasteiger partial charge in [0.2, 0.25) is 5.91 Å². The molecule has 0 saturated heterocycles. The third-order valence-corrected chi connectivity index (χ3v) is 4.45. The summed E-state index contributed by atoms with van der Waals surface area (Å²) in [5.41, 5.74) is 2.37. The maximum Gasteiger partial charge on any atom is 0.246 e. The quantitative estimate of drug-likeness (QED) is 0.695. The molecule has 5 nitrogen and oxygen atoms in total. The van der Waals surface area contributed by atoms with Crippen LogP contribution in [0.5, 0.6) is 0 Å². The molecule has 0 fully saturated rings. The van der Waals surface area contributed by atoms with E-state index in [-0.39, 0.29) is 11.7 Å². The highest BCUT2D eigenvalue weighted by molar-refractivity contribution is 6.31. The van der Waals surface area contributed by atoms with Gasteiger partial charge in [-0.05, 0) is 44.8 Å². The van der Waals surface area contributed by atoms with Gasteiger partial charge in [-0.1, -0.05) is 23.7 Å².